The average molecular weight is 326 g/mol. The lowest BCUT2D eigenvalue weighted by atomic mass is 10.1. The van der Waals surface area contributed by atoms with Crippen molar-refractivity contribution in [3.05, 3.63) is 24.5 Å². The standard InChI is InChI=1S/C13H18N4O2S2/c1-13(2,21(3,18)19)8-16-12-10(11(14)17-20-12)9-4-6-15-7-5-9/h4-7,16H,8H2,1-3H3,(H2,14,17). The number of nitrogens with two attached hydrogens (primary N) is 1. The number of sulfone groups is 1. The van der Waals surface area contributed by atoms with Crippen LogP contribution in [-0.4, -0.2) is 35.3 Å². The maximum absolute atomic E-state index is 11.7. The van der Waals surface area contributed by atoms with Crippen LogP contribution in [0.1, 0.15) is 13.8 Å². The molecule has 2 aromatic rings. The summed E-state index contributed by atoms with van der Waals surface area (Å²) in [4.78, 5) is 3.97. The third-order valence-corrected chi connectivity index (χ3v) is 6.34. The minimum Gasteiger partial charge on any atom is -0.382 e. The molecule has 0 fully saturated rings. The summed E-state index contributed by atoms with van der Waals surface area (Å²) < 4.78 is 26.8. The van der Waals surface area contributed by atoms with Crippen molar-refractivity contribution in [2.45, 2.75) is 18.6 Å². The van der Waals surface area contributed by atoms with Crippen molar-refractivity contribution in [3.8, 4) is 11.1 Å². The molecule has 2 aromatic heterocycles. The Morgan fingerprint density at radius 3 is 2.52 bits per heavy atom. The first-order valence-corrected chi connectivity index (χ1v) is 8.98. The van der Waals surface area contributed by atoms with E-state index in [1.54, 1.807) is 26.2 Å². The van der Waals surface area contributed by atoms with E-state index in [2.05, 4.69) is 14.7 Å². The molecule has 0 aliphatic carbocycles. The van der Waals surface area contributed by atoms with E-state index in [1.165, 1.54) is 17.8 Å². The first-order valence-electron chi connectivity index (χ1n) is 6.31. The van der Waals surface area contributed by atoms with Crippen molar-refractivity contribution in [1.29, 1.82) is 0 Å². The number of hydrogen-bond donors (Lipinski definition) is 2. The van der Waals surface area contributed by atoms with Gasteiger partial charge in [0, 0.05) is 25.2 Å². The van der Waals surface area contributed by atoms with E-state index < -0.39 is 14.6 Å². The predicted octanol–water partition coefficient (Wildman–Crippen LogP) is 2.02. The summed E-state index contributed by atoms with van der Waals surface area (Å²) in [5, 5.41) is 3.92. The quantitative estimate of drug-likeness (QED) is 0.872. The van der Waals surface area contributed by atoms with Crippen molar-refractivity contribution in [2.24, 2.45) is 0 Å². The molecule has 2 heterocycles. The fourth-order valence-corrected chi connectivity index (χ4v) is 2.71. The Hall–Kier alpha value is -1.67. The second kappa shape index (κ2) is 5.61. The Balaban J connectivity index is 2.28. The number of rotatable bonds is 5. The highest BCUT2D eigenvalue weighted by Crippen LogP contribution is 2.36. The zero-order valence-electron chi connectivity index (χ0n) is 12.1. The largest absolute Gasteiger partial charge is 0.382 e. The maximum Gasteiger partial charge on any atom is 0.154 e. The lowest BCUT2D eigenvalue weighted by Gasteiger charge is -2.23. The molecule has 21 heavy (non-hydrogen) atoms. The summed E-state index contributed by atoms with van der Waals surface area (Å²) in [5.41, 5.74) is 7.60. The Labute approximate surface area is 128 Å². The van der Waals surface area contributed by atoms with Gasteiger partial charge in [0.25, 0.3) is 0 Å². The molecular weight excluding hydrogens is 308 g/mol. The summed E-state index contributed by atoms with van der Waals surface area (Å²) >= 11 is 1.22. The van der Waals surface area contributed by atoms with Crippen LogP contribution in [0.15, 0.2) is 24.5 Å². The fraction of sp³-hybridized carbons (Fsp3) is 0.385. The number of aromatic nitrogens is 2. The van der Waals surface area contributed by atoms with Crippen LogP contribution >= 0.6 is 11.5 Å². The molecule has 0 bridgehead atoms. The van der Waals surface area contributed by atoms with Gasteiger partial charge in [-0.2, -0.15) is 4.37 Å². The summed E-state index contributed by atoms with van der Waals surface area (Å²) in [6.45, 7) is 3.66. The number of nitrogens with one attached hydrogen (secondary N) is 1. The first kappa shape index (κ1) is 15.7. The fourth-order valence-electron chi connectivity index (χ4n) is 1.64. The van der Waals surface area contributed by atoms with Gasteiger partial charge in [0.2, 0.25) is 0 Å². The summed E-state index contributed by atoms with van der Waals surface area (Å²) in [6.07, 6.45) is 4.59. The third-order valence-electron chi connectivity index (χ3n) is 3.37. The van der Waals surface area contributed by atoms with Crippen LogP contribution in [-0.2, 0) is 9.84 Å². The molecule has 0 aromatic carbocycles. The highest BCUT2D eigenvalue weighted by Gasteiger charge is 2.30. The number of pyridine rings is 1. The first-order chi connectivity index (χ1) is 9.72. The monoisotopic (exact) mass is 326 g/mol. The number of nitrogens with zero attached hydrogens (tertiary/aromatic N) is 2. The molecule has 3 N–H and O–H groups in total. The minimum atomic E-state index is -3.16. The zero-order chi connectivity index (χ0) is 15.7. The van der Waals surface area contributed by atoms with E-state index in [0.29, 0.717) is 5.82 Å². The predicted molar refractivity (Wildman–Crippen MR) is 87.2 cm³/mol. The molecular formula is C13H18N4O2S2. The molecule has 0 aliphatic heterocycles. The molecule has 0 spiro atoms. The minimum absolute atomic E-state index is 0.283. The molecule has 114 valence electrons. The van der Waals surface area contributed by atoms with Crippen LogP contribution in [0.5, 0.6) is 0 Å². The highest BCUT2D eigenvalue weighted by molar-refractivity contribution is 7.92. The molecule has 0 atom stereocenters. The second-order valence-electron chi connectivity index (χ2n) is 5.39. The lowest BCUT2D eigenvalue weighted by molar-refractivity contribution is 0.560. The molecule has 0 aliphatic rings. The van der Waals surface area contributed by atoms with Gasteiger partial charge in [-0.25, -0.2) is 8.42 Å². The van der Waals surface area contributed by atoms with Crippen LogP contribution in [0.25, 0.3) is 11.1 Å². The van der Waals surface area contributed by atoms with Crippen molar-refractivity contribution < 1.29 is 8.42 Å². The molecule has 0 unspecified atom stereocenters. The van der Waals surface area contributed by atoms with Gasteiger partial charge in [0.15, 0.2) is 9.84 Å². The van der Waals surface area contributed by atoms with E-state index in [9.17, 15) is 8.42 Å². The topological polar surface area (TPSA) is 98.0 Å². The second-order valence-corrected chi connectivity index (χ2v) is 8.82. The van der Waals surface area contributed by atoms with Gasteiger partial charge in [-0.1, -0.05) is 0 Å². The van der Waals surface area contributed by atoms with Gasteiger partial charge in [0.05, 0.1) is 10.3 Å². The SMILES string of the molecule is CC(C)(CNc1snc(N)c1-c1ccncc1)S(C)(=O)=O. The van der Waals surface area contributed by atoms with Crippen LogP contribution in [0.4, 0.5) is 10.8 Å². The molecule has 6 nitrogen and oxygen atoms in total. The van der Waals surface area contributed by atoms with Crippen LogP contribution < -0.4 is 11.1 Å². The van der Waals surface area contributed by atoms with Gasteiger partial charge in [0.1, 0.15) is 10.8 Å². The Morgan fingerprint density at radius 1 is 1.33 bits per heavy atom. The van der Waals surface area contributed by atoms with E-state index >= 15 is 0 Å². The number of hydrogen-bond acceptors (Lipinski definition) is 7. The lowest BCUT2D eigenvalue weighted by Crippen LogP contribution is -2.38. The van der Waals surface area contributed by atoms with Crippen molar-refractivity contribution in [1.82, 2.24) is 9.36 Å². The average Bonchev–Trinajstić information content (AvgIpc) is 2.77. The Kier molecular flexibility index (Phi) is 4.20. The van der Waals surface area contributed by atoms with E-state index in [-0.39, 0.29) is 6.54 Å². The van der Waals surface area contributed by atoms with Crippen molar-refractivity contribution in [2.75, 3.05) is 23.9 Å². The van der Waals surface area contributed by atoms with Gasteiger partial charge in [-0.15, -0.1) is 0 Å². The van der Waals surface area contributed by atoms with Crippen molar-refractivity contribution in [3.63, 3.8) is 0 Å². The zero-order valence-corrected chi connectivity index (χ0v) is 13.8. The van der Waals surface area contributed by atoms with Crippen molar-refractivity contribution >= 4 is 32.2 Å². The van der Waals surface area contributed by atoms with Gasteiger partial charge in [-0.05, 0) is 43.1 Å². The summed E-state index contributed by atoms with van der Waals surface area (Å²) in [7, 11) is -3.16. The Morgan fingerprint density at radius 2 is 1.95 bits per heavy atom. The van der Waals surface area contributed by atoms with Crippen LogP contribution in [0.3, 0.4) is 0 Å². The summed E-state index contributed by atoms with van der Waals surface area (Å²) in [6, 6.07) is 3.68. The molecule has 8 heteroatoms. The van der Waals surface area contributed by atoms with Gasteiger partial charge >= 0.3 is 0 Å². The number of nitrogen functional groups attached to an aromatic ring is 1. The summed E-state index contributed by atoms with van der Waals surface area (Å²) in [5.74, 6) is 0.422. The highest BCUT2D eigenvalue weighted by atomic mass is 32.2. The van der Waals surface area contributed by atoms with E-state index in [4.69, 9.17) is 5.73 Å². The normalized spacial score (nSPS) is 12.3. The van der Waals surface area contributed by atoms with E-state index in [0.717, 1.165) is 16.1 Å². The molecule has 0 saturated carbocycles. The molecule has 0 saturated heterocycles. The van der Waals surface area contributed by atoms with E-state index in [1.807, 2.05) is 12.1 Å². The maximum atomic E-state index is 11.7. The molecule has 0 radical (unpaired) electrons. The number of anilines is 2. The molecule has 0 amide bonds. The van der Waals surface area contributed by atoms with Crippen LogP contribution in [0, 0.1) is 0 Å². The van der Waals surface area contributed by atoms with Gasteiger partial charge < -0.3 is 11.1 Å². The smallest absolute Gasteiger partial charge is 0.154 e. The van der Waals surface area contributed by atoms with Gasteiger partial charge in [-0.3, -0.25) is 4.98 Å². The van der Waals surface area contributed by atoms with Crippen LogP contribution in [0.2, 0.25) is 0 Å². The third kappa shape index (κ3) is 3.33. The Bertz CT molecular complexity index is 724. The molecule has 2 rings (SSSR count).